The molecule has 0 spiro atoms. The summed E-state index contributed by atoms with van der Waals surface area (Å²) < 4.78 is 19.2. The van der Waals surface area contributed by atoms with Crippen molar-refractivity contribution in [1.82, 2.24) is 0 Å². The van der Waals surface area contributed by atoms with Crippen LogP contribution in [0.3, 0.4) is 0 Å². The van der Waals surface area contributed by atoms with E-state index in [1.54, 1.807) is 32.0 Å². The standard InChI is InChI=1S/C16H14Cl2FNO2/c1-9-3-6-15(14(19)7-9)20-16(21)10(2)22-11-4-5-12(17)13(18)8-11/h3-8,10H,1-2H3,(H,20,21). The summed E-state index contributed by atoms with van der Waals surface area (Å²) in [4.78, 5) is 12.0. The molecule has 2 aromatic rings. The molecule has 6 heteroatoms. The molecule has 2 rings (SSSR count). The Balaban J connectivity index is 2.04. The molecule has 1 amide bonds. The number of carbonyl (C=O) groups is 1. The van der Waals surface area contributed by atoms with E-state index >= 15 is 0 Å². The van der Waals surface area contributed by atoms with Crippen LogP contribution in [0.5, 0.6) is 5.75 Å². The minimum atomic E-state index is -0.821. The number of hydrogen-bond acceptors (Lipinski definition) is 2. The molecule has 0 radical (unpaired) electrons. The second-order valence-corrected chi connectivity index (χ2v) is 5.62. The fourth-order valence-electron chi connectivity index (χ4n) is 1.76. The van der Waals surface area contributed by atoms with Gasteiger partial charge < -0.3 is 10.1 Å². The van der Waals surface area contributed by atoms with Crippen LogP contribution in [0.1, 0.15) is 12.5 Å². The summed E-state index contributed by atoms with van der Waals surface area (Å²) in [6.45, 7) is 3.33. The van der Waals surface area contributed by atoms with Crippen LogP contribution in [0.25, 0.3) is 0 Å². The van der Waals surface area contributed by atoms with Gasteiger partial charge in [0.1, 0.15) is 11.6 Å². The van der Waals surface area contributed by atoms with Crippen molar-refractivity contribution in [2.75, 3.05) is 5.32 Å². The molecular formula is C16H14Cl2FNO2. The lowest BCUT2D eigenvalue weighted by Crippen LogP contribution is -2.30. The molecular weight excluding hydrogens is 328 g/mol. The highest BCUT2D eigenvalue weighted by molar-refractivity contribution is 6.42. The van der Waals surface area contributed by atoms with Gasteiger partial charge in [-0.05, 0) is 43.7 Å². The summed E-state index contributed by atoms with van der Waals surface area (Å²) in [5.41, 5.74) is 0.885. The molecule has 116 valence electrons. The third-order valence-electron chi connectivity index (χ3n) is 2.96. The smallest absolute Gasteiger partial charge is 0.265 e. The Bertz CT molecular complexity index is 707. The van der Waals surface area contributed by atoms with E-state index in [1.165, 1.54) is 18.2 Å². The van der Waals surface area contributed by atoms with Crippen molar-refractivity contribution in [3.63, 3.8) is 0 Å². The van der Waals surface area contributed by atoms with Gasteiger partial charge in [0.15, 0.2) is 6.10 Å². The zero-order valence-corrected chi connectivity index (χ0v) is 13.5. The number of ether oxygens (including phenoxy) is 1. The summed E-state index contributed by atoms with van der Waals surface area (Å²) in [7, 11) is 0. The second kappa shape index (κ2) is 6.99. The molecule has 0 aromatic heterocycles. The van der Waals surface area contributed by atoms with Crippen molar-refractivity contribution >= 4 is 34.8 Å². The van der Waals surface area contributed by atoms with Crippen molar-refractivity contribution in [1.29, 1.82) is 0 Å². The maximum absolute atomic E-state index is 13.7. The molecule has 0 aliphatic heterocycles. The first kappa shape index (κ1) is 16.6. The van der Waals surface area contributed by atoms with Gasteiger partial charge in [0.2, 0.25) is 0 Å². The van der Waals surface area contributed by atoms with Gasteiger partial charge in [-0.1, -0.05) is 29.3 Å². The van der Waals surface area contributed by atoms with E-state index in [9.17, 15) is 9.18 Å². The fraction of sp³-hybridized carbons (Fsp3) is 0.188. The Kier molecular flexibility index (Phi) is 5.27. The minimum Gasteiger partial charge on any atom is -0.481 e. The van der Waals surface area contributed by atoms with Crippen LogP contribution in [-0.2, 0) is 4.79 Å². The first-order chi connectivity index (χ1) is 10.4. The van der Waals surface area contributed by atoms with Crippen molar-refractivity contribution < 1.29 is 13.9 Å². The quantitative estimate of drug-likeness (QED) is 0.863. The van der Waals surface area contributed by atoms with Gasteiger partial charge in [-0.15, -0.1) is 0 Å². The van der Waals surface area contributed by atoms with E-state index in [1.807, 2.05) is 0 Å². The highest BCUT2D eigenvalue weighted by atomic mass is 35.5. The zero-order chi connectivity index (χ0) is 16.3. The topological polar surface area (TPSA) is 38.3 Å². The molecule has 0 bridgehead atoms. The summed E-state index contributed by atoms with van der Waals surface area (Å²) in [6.07, 6.45) is -0.821. The third-order valence-corrected chi connectivity index (χ3v) is 3.69. The van der Waals surface area contributed by atoms with Crippen molar-refractivity contribution in [2.24, 2.45) is 0 Å². The van der Waals surface area contributed by atoms with Gasteiger partial charge in [0.25, 0.3) is 5.91 Å². The predicted molar refractivity (Wildman–Crippen MR) is 86.3 cm³/mol. The van der Waals surface area contributed by atoms with Crippen LogP contribution < -0.4 is 10.1 Å². The largest absolute Gasteiger partial charge is 0.481 e. The van der Waals surface area contributed by atoms with Crippen molar-refractivity contribution in [3.05, 3.63) is 57.8 Å². The number of aryl methyl sites for hydroxylation is 1. The van der Waals surface area contributed by atoms with Crippen LogP contribution in [0.15, 0.2) is 36.4 Å². The Morgan fingerprint density at radius 3 is 2.55 bits per heavy atom. The first-order valence-corrected chi connectivity index (χ1v) is 7.31. The molecule has 0 saturated heterocycles. The van der Waals surface area contributed by atoms with Gasteiger partial charge >= 0.3 is 0 Å². The normalized spacial score (nSPS) is 11.9. The lowest BCUT2D eigenvalue weighted by atomic mass is 10.2. The number of amides is 1. The number of rotatable bonds is 4. The molecule has 0 saturated carbocycles. The number of halogens is 3. The van der Waals surface area contributed by atoms with E-state index in [-0.39, 0.29) is 5.69 Å². The SMILES string of the molecule is Cc1ccc(NC(=O)C(C)Oc2ccc(Cl)c(Cl)c2)c(F)c1. The molecule has 1 unspecified atom stereocenters. The van der Waals surface area contributed by atoms with Gasteiger partial charge in [0.05, 0.1) is 15.7 Å². The number of hydrogen-bond donors (Lipinski definition) is 1. The average molecular weight is 342 g/mol. The Morgan fingerprint density at radius 2 is 1.91 bits per heavy atom. The maximum Gasteiger partial charge on any atom is 0.265 e. The van der Waals surface area contributed by atoms with Crippen LogP contribution >= 0.6 is 23.2 Å². The summed E-state index contributed by atoms with van der Waals surface area (Å²) in [6, 6.07) is 9.26. The number of carbonyl (C=O) groups excluding carboxylic acids is 1. The molecule has 2 aromatic carbocycles. The van der Waals surface area contributed by atoms with E-state index in [0.29, 0.717) is 15.8 Å². The molecule has 3 nitrogen and oxygen atoms in total. The molecule has 0 fully saturated rings. The van der Waals surface area contributed by atoms with Crippen molar-refractivity contribution in [2.45, 2.75) is 20.0 Å². The lowest BCUT2D eigenvalue weighted by Gasteiger charge is -2.15. The van der Waals surface area contributed by atoms with Crippen LogP contribution in [0.2, 0.25) is 10.0 Å². The van der Waals surface area contributed by atoms with E-state index in [0.717, 1.165) is 5.56 Å². The van der Waals surface area contributed by atoms with Gasteiger partial charge in [0, 0.05) is 6.07 Å². The van der Waals surface area contributed by atoms with E-state index in [2.05, 4.69) is 5.32 Å². The molecule has 1 N–H and O–H groups in total. The average Bonchev–Trinajstić information content (AvgIpc) is 2.45. The maximum atomic E-state index is 13.7. The summed E-state index contributed by atoms with van der Waals surface area (Å²) in [5, 5.41) is 3.21. The second-order valence-electron chi connectivity index (χ2n) is 4.81. The molecule has 0 aliphatic carbocycles. The highest BCUT2D eigenvalue weighted by Gasteiger charge is 2.17. The molecule has 0 heterocycles. The Morgan fingerprint density at radius 1 is 1.18 bits per heavy atom. The molecule has 22 heavy (non-hydrogen) atoms. The van der Waals surface area contributed by atoms with Gasteiger partial charge in [-0.25, -0.2) is 4.39 Å². The zero-order valence-electron chi connectivity index (χ0n) is 12.0. The third kappa shape index (κ3) is 4.12. The van der Waals surface area contributed by atoms with Crippen LogP contribution in [-0.4, -0.2) is 12.0 Å². The number of nitrogens with one attached hydrogen (secondary N) is 1. The molecule has 1 atom stereocenters. The predicted octanol–water partition coefficient (Wildman–Crippen LogP) is 4.85. The highest BCUT2D eigenvalue weighted by Crippen LogP contribution is 2.27. The number of anilines is 1. The van der Waals surface area contributed by atoms with E-state index in [4.69, 9.17) is 27.9 Å². The van der Waals surface area contributed by atoms with Crippen LogP contribution in [0.4, 0.5) is 10.1 Å². The number of benzene rings is 2. The van der Waals surface area contributed by atoms with Gasteiger partial charge in [-0.2, -0.15) is 0 Å². The van der Waals surface area contributed by atoms with E-state index < -0.39 is 17.8 Å². The fourth-order valence-corrected chi connectivity index (χ4v) is 2.05. The minimum absolute atomic E-state index is 0.111. The van der Waals surface area contributed by atoms with Crippen molar-refractivity contribution in [3.8, 4) is 5.75 Å². The van der Waals surface area contributed by atoms with Crippen LogP contribution in [0, 0.1) is 12.7 Å². The Hall–Kier alpha value is -1.78. The summed E-state index contributed by atoms with van der Waals surface area (Å²) >= 11 is 11.7. The van der Waals surface area contributed by atoms with Gasteiger partial charge in [-0.3, -0.25) is 4.79 Å². The monoisotopic (exact) mass is 341 g/mol. The lowest BCUT2D eigenvalue weighted by molar-refractivity contribution is -0.122. The first-order valence-electron chi connectivity index (χ1n) is 6.55. The Labute approximate surface area is 138 Å². The molecule has 0 aliphatic rings. The summed E-state index contributed by atoms with van der Waals surface area (Å²) in [5.74, 6) is -0.551.